The lowest BCUT2D eigenvalue weighted by molar-refractivity contribution is 0.0803. The van der Waals surface area contributed by atoms with Gasteiger partial charge in [-0.1, -0.05) is 12.8 Å². The van der Waals surface area contributed by atoms with Gasteiger partial charge in [-0.3, -0.25) is 0 Å². The molecule has 3 heteroatoms. The van der Waals surface area contributed by atoms with Crippen molar-refractivity contribution in [3.8, 4) is 0 Å². The third-order valence-corrected chi connectivity index (χ3v) is 1.79. The molecular weight excluding hydrogens is 140 g/mol. The van der Waals surface area contributed by atoms with E-state index in [-0.39, 0.29) is 0 Å². The summed E-state index contributed by atoms with van der Waals surface area (Å²) in [5, 5.41) is 17.1. The Balaban J connectivity index is 2.34. The lowest BCUT2D eigenvalue weighted by Crippen LogP contribution is -2.14. The summed E-state index contributed by atoms with van der Waals surface area (Å²) < 4.78 is 0. The molecule has 64 valence electrons. The first kappa shape index (κ1) is 8.65. The minimum absolute atomic E-state index is 0.376. The van der Waals surface area contributed by atoms with Gasteiger partial charge in [-0.25, -0.2) is 0 Å². The van der Waals surface area contributed by atoms with Gasteiger partial charge in [-0.05, 0) is 26.7 Å². The van der Waals surface area contributed by atoms with Crippen molar-refractivity contribution in [2.24, 2.45) is 10.2 Å². The topological polar surface area (TPSA) is 45.0 Å². The van der Waals surface area contributed by atoms with Crippen LogP contribution in [0.15, 0.2) is 10.2 Å². The molecule has 0 spiro atoms. The van der Waals surface area contributed by atoms with Crippen LogP contribution in [0.3, 0.4) is 0 Å². The van der Waals surface area contributed by atoms with Crippen LogP contribution < -0.4 is 0 Å². The molecule has 0 bridgehead atoms. The van der Waals surface area contributed by atoms with Crippen LogP contribution in [0.2, 0.25) is 0 Å². The second-order valence-corrected chi connectivity index (χ2v) is 3.65. The zero-order chi connectivity index (χ0) is 8.32. The lowest BCUT2D eigenvalue weighted by Gasteiger charge is -2.09. The number of aliphatic hydroxyl groups is 1. The standard InChI is InChI=1S/C8H16N2O/c1-8(2,11)10-9-7-5-3-4-6-7/h7,11H,3-6H2,1-2H3. The summed E-state index contributed by atoms with van der Waals surface area (Å²) >= 11 is 0. The van der Waals surface area contributed by atoms with Gasteiger partial charge in [0.15, 0.2) is 5.72 Å². The van der Waals surface area contributed by atoms with E-state index in [1.54, 1.807) is 13.8 Å². The summed E-state index contributed by atoms with van der Waals surface area (Å²) in [5.41, 5.74) is -0.984. The summed E-state index contributed by atoms with van der Waals surface area (Å²) in [6, 6.07) is 0.376. The van der Waals surface area contributed by atoms with Gasteiger partial charge < -0.3 is 5.11 Å². The van der Waals surface area contributed by atoms with Crippen LogP contribution >= 0.6 is 0 Å². The van der Waals surface area contributed by atoms with Crippen molar-refractivity contribution >= 4 is 0 Å². The number of nitrogens with zero attached hydrogens (tertiary/aromatic N) is 2. The summed E-state index contributed by atoms with van der Waals surface area (Å²) in [5.74, 6) is 0. The maximum Gasteiger partial charge on any atom is 0.170 e. The molecule has 0 radical (unpaired) electrons. The molecule has 0 heterocycles. The molecule has 3 nitrogen and oxygen atoms in total. The van der Waals surface area contributed by atoms with Crippen LogP contribution in [0.1, 0.15) is 39.5 Å². The van der Waals surface area contributed by atoms with Crippen molar-refractivity contribution in [2.75, 3.05) is 0 Å². The number of azo groups is 1. The van der Waals surface area contributed by atoms with Crippen LogP contribution in [0.5, 0.6) is 0 Å². The Morgan fingerprint density at radius 1 is 1.27 bits per heavy atom. The molecule has 1 saturated carbocycles. The summed E-state index contributed by atoms with van der Waals surface area (Å²) in [7, 11) is 0. The molecule has 0 aliphatic heterocycles. The quantitative estimate of drug-likeness (QED) is 0.611. The smallest absolute Gasteiger partial charge is 0.170 e. The molecule has 1 aliphatic rings. The van der Waals surface area contributed by atoms with Crippen molar-refractivity contribution in [1.82, 2.24) is 0 Å². The summed E-state index contributed by atoms with van der Waals surface area (Å²) in [6.07, 6.45) is 4.80. The van der Waals surface area contributed by atoms with Gasteiger partial charge in [0.05, 0.1) is 6.04 Å². The number of hydrogen-bond donors (Lipinski definition) is 1. The fourth-order valence-electron chi connectivity index (χ4n) is 1.24. The first-order chi connectivity index (χ1) is 5.08. The monoisotopic (exact) mass is 156 g/mol. The Labute approximate surface area is 67.5 Å². The molecule has 1 N–H and O–H groups in total. The van der Waals surface area contributed by atoms with Crippen LogP contribution in [0.25, 0.3) is 0 Å². The molecule has 0 atom stereocenters. The molecule has 0 aromatic carbocycles. The second-order valence-electron chi connectivity index (χ2n) is 3.65. The normalized spacial score (nSPS) is 21.7. The molecule has 0 unspecified atom stereocenters. The fourth-order valence-corrected chi connectivity index (χ4v) is 1.24. The number of rotatable bonds is 2. The number of hydrogen-bond acceptors (Lipinski definition) is 3. The summed E-state index contributed by atoms with van der Waals surface area (Å²) in [4.78, 5) is 0. The Kier molecular flexibility index (Phi) is 2.60. The maximum atomic E-state index is 9.22. The van der Waals surface area contributed by atoms with E-state index in [2.05, 4.69) is 10.2 Å². The van der Waals surface area contributed by atoms with Gasteiger partial charge in [0, 0.05) is 0 Å². The molecule has 1 rings (SSSR count). The minimum Gasteiger partial charge on any atom is -0.368 e. The van der Waals surface area contributed by atoms with Gasteiger partial charge >= 0.3 is 0 Å². The summed E-state index contributed by atoms with van der Waals surface area (Å²) in [6.45, 7) is 3.29. The molecule has 0 amide bonds. The van der Waals surface area contributed by atoms with E-state index >= 15 is 0 Å². The largest absolute Gasteiger partial charge is 0.368 e. The van der Waals surface area contributed by atoms with E-state index in [4.69, 9.17) is 0 Å². The van der Waals surface area contributed by atoms with Crippen molar-refractivity contribution < 1.29 is 5.11 Å². The van der Waals surface area contributed by atoms with Crippen molar-refractivity contribution in [1.29, 1.82) is 0 Å². The SMILES string of the molecule is CC(C)(O)N=NC1CCCC1. The highest BCUT2D eigenvalue weighted by atomic mass is 16.3. The highest BCUT2D eigenvalue weighted by Gasteiger charge is 2.16. The minimum atomic E-state index is -0.984. The van der Waals surface area contributed by atoms with Gasteiger partial charge in [0.1, 0.15) is 0 Å². The fraction of sp³-hybridized carbons (Fsp3) is 1.00. The Morgan fingerprint density at radius 2 is 1.82 bits per heavy atom. The van der Waals surface area contributed by atoms with Gasteiger partial charge in [0.25, 0.3) is 0 Å². The van der Waals surface area contributed by atoms with Crippen molar-refractivity contribution in [3.05, 3.63) is 0 Å². The molecule has 0 aromatic heterocycles. The predicted octanol–water partition coefficient (Wildman–Crippen LogP) is 2.11. The average Bonchev–Trinajstić information content (AvgIpc) is 2.32. The Hall–Kier alpha value is -0.440. The molecule has 11 heavy (non-hydrogen) atoms. The molecule has 1 aliphatic carbocycles. The van der Waals surface area contributed by atoms with E-state index in [9.17, 15) is 5.11 Å². The van der Waals surface area contributed by atoms with E-state index in [0.29, 0.717) is 6.04 Å². The van der Waals surface area contributed by atoms with Gasteiger partial charge in [0.2, 0.25) is 0 Å². The maximum absolute atomic E-state index is 9.22. The molecule has 1 fully saturated rings. The molecule has 0 aromatic rings. The van der Waals surface area contributed by atoms with Gasteiger partial charge in [-0.2, -0.15) is 10.2 Å². The third kappa shape index (κ3) is 3.46. The first-order valence-corrected chi connectivity index (χ1v) is 4.22. The molecular formula is C8H16N2O. The average molecular weight is 156 g/mol. The zero-order valence-corrected chi connectivity index (χ0v) is 7.25. The first-order valence-electron chi connectivity index (χ1n) is 4.22. The van der Waals surface area contributed by atoms with Crippen molar-refractivity contribution in [2.45, 2.75) is 51.3 Å². The third-order valence-electron chi connectivity index (χ3n) is 1.79. The Morgan fingerprint density at radius 3 is 2.27 bits per heavy atom. The highest BCUT2D eigenvalue weighted by molar-refractivity contribution is 4.72. The van der Waals surface area contributed by atoms with Crippen LogP contribution in [0, 0.1) is 0 Å². The van der Waals surface area contributed by atoms with Crippen molar-refractivity contribution in [3.63, 3.8) is 0 Å². The molecule has 0 saturated heterocycles. The van der Waals surface area contributed by atoms with E-state index < -0.39 is 5.72 Å². The van der Waals surface area contributed by atoms with E-state index in [1.165, 1.54) is 12.8 Å². The highest BCUT2D eigenvalue weighted by Crippen LogP contribution is 2.22. The Bertz CT molecular complexity index is 143. The van der Waals surface area contributed by atoms with Gasteiger partial charge in [-0.15, -0.1) is 0 Å². The van der Waals surface area contributed by atoms with Crippen LogP contribution in [-0.4, -0.2) is 16.9 Å². The van der Waals surface area contributed by atoms with E-state index in [0.717, 1.165) is 12.8 Å². The second kappa shape index (κ2) is 3.30. The predicted molar refractivity (Wildman–Crippen MR) is 43.4 cm³/mol. The van der Waals surface area contributed by atoms with Crippen LogP contribution in [-0.2, 0) is 0 Å². The van der Waals surface area contributed by atoms with Crippen LogP contribution in [0.4, 0.5) is 0 Å². The zero-order valence-electron chi connectivity index (χ0n) is 7.25. The lowest BCUT2D eigenvalue weighted by atomic mass is 10.3. The van der Waals surface area contributed by atoms with E-state index in [1.807, 2.05) is 0 Å².